The third-order valence-electron chi connectivity index (χ3n) is 1.56. The number of hydrogen-bond donors (Lipinski definition) is 1. The predicted octanol–water partition coefficient (Wildman–Crippen LogP) is 2.00. The van der Waals surface area contributed by atoms with Crippen LogP contribution in [-0.2, 0) is 14.3 Å². The molecule has 0 bridgehead atoms. The van der Waals surface area contributed by atoms with E-state index in [-0.39, 0.29) is 17.6 Å². The Morgan fingerprint density at radius 2 is 1.87 bits per heavy atom. The second-order valence-corrected chi connectivity index (χ2v) is 4.47. The molecule has 4 nitrogen and oxygen atoms in total. The summed E-state index contributed by atoms with van der Waals surface area (Å²) in [6, 6.07) is 0. The van der Waals surface area contributed by atoms with E-state index in [9.17, 15) is 9.59 Å². The van der Waals surface area contributed by atoms with Gasteiger partial charge >= 0.3 is 11.9 Å². The van der Waals surface area contributed by atoms with Crippen molar-refractivity contribution in [1.82, 2.24) is 0 Å². The molecule has 15 heavy (non-hydrogen) atoms. The lowest BCUT2D eigenvalue weighted by molar-refractivity contribution is -0.140. The molecule has 0 aromatic heterocycles. The van der Waals surface area contributed by atoms with Crippen LogP contribution in [0.5, 0.6) is 0 Å². The van der Waals surface area contributed by atoms with Crippen molar-refractivity contribution in [2.24, 2.45) is 5.41 Å². The van der Waals surface area contributed by atoms with Crippen LogP contribution >= 0.6 is 0 Å². The molecular formula is C11H18O4. The average Bonchev–Trinajstić information content (AvgIpc) is 1.99. The number of hydrogen-bond acceptors (Lipinski definition) is 3. The summed E-state index contributed by atoms with van der Waals surface area (Å²) in [6.45, 7) is 7.74. The van der Waals surface area contributed by atoms with Gasteiger partial charge in [0.05, 0.1) is 6.61 Å². The van der Waals surface area contributed by atoms with Gasteiger partial charge in [0.25, 0.3) is 0 Å². The summed E-state index contributed by atoms with van der Waals surface area (Å²) in [4.78, 5) is 21.9. The van der Waals surface area contributed by atoms with Crippen molar-refractivity contribution in [2.75, 3.05) is 6.61 Å². The van der Waals surface area contributed by atoms with Gasteiger partial charge in [0.2, 0.25) is 0 Å². The number of aliphatic carboxylic acids is 1. The van der Waals surface area contributed by atoms with Gasteiger partial charge in [0.1, 0.15) is 0 Å². The van der Waals surface area contributed by atoms with Crippen molar-refractivity contribution < 1.29 is 19.4 Å². The van der Waals surface area contributed by atoms with Crippen LogP contribution in [0.25, 0.3) is 0 Å². The molecule has 0 aliphatic rings. The van der Waals surface area contributed by atoms with Gasteiger partial charge in [-0.3, -0.25) is 0 Å². The standard InChI is InChI=1S/C11H18O4/c1-5-15-10(14)8(6-9(12)13)7-11(2,3)4/h6H,5,7H2,1-4H3,(H,12,13)/b8-6-. The van der Waals surface area contributed by atoms with E-state index >= 15 is 0 Å². The molecule has 0 amide bonds. The van der Waals surface area contributed by atoms with Crippen molar-refractivity contribution in [3.63, 3.8) is 0 Å². The average molecular weight is 214 g/mol. The Morgan fingerprint density at radius 3 is 2.20 bits per heavy atom. The summed E-state index contributed by atoms with van der Waals surface area (Å²) in [6.07, 6.45) is 1.31. The maximum absolute atomic E-state index is 11.4. The van der Waals surface area contributed by atoms with Gasteiger partial charge in [-0.15, -0.1) is 0 Å². The minimum atomic E-state index is -1.12. The Balaban J connectivity index is 4.75. The van der Waals surface area contributed by atoms with Crippen LogP contribution in [0.15, 0.2) is 11.6 Å². The minimum Gasteiger partial charge on any atom is -0.478 e. The van der Waals surface area contributed by atoms with Gasteiger partial charge in [-0.1, -0.05) is 20.8 Å². The second kappa shape index (κ2) is 5.53. The lowest BCUT2D eigenvalue weighted by Gasteiger charge is -2.19. The van der Waals surface area contributed by atoms with Crippen LogP contribution in [0, 0.1) is 5.41 Å². The summed E-state index contributed by atoms with van der Waals surface area (Å²) < 4.78 is 4.78. The van der Waals surface area contributed by atoms with E-state index in [1.54, 1.807) is 6.92 Å². The molecule has 4 heteroatoms. The Kier molecular flexibility index (Phi) is 5.05. The summed E-state index contributed by atoms with van der Waals surface area (Å²) >= 11 is 0. The van der Waals surface area contributed by atoms with Crippen molar-refractivity contribution in [3.05, 3.63) is 11.6 Å². The number of rotatable bonds is 4. The van der Waals surface area contributed by atoms with E-state index < -0.39 is 11.9 Å². The van der Waals surface area contributed by atoms with Gasteiger partial charge < -0.3 is 9.84 Å². The van der Waals surface area contributed by atoms with E-state index in [4.69, 9.17) is 9.84 Å². The Labute approximate surface area is 89.9 Å². The molecule has 86 valence electrons. The molecule has 1 N–H and O–H groups in total. The van der Waals surface area contributed by atoms with E-state index in [1.807, 2.05) is 20.8 Å². The first-order valence-corrected chi connectivity index (χ1v) is 4.87. The fraction of sp³-hybridized carbons (Fsp3) is 0.636. The third-order valence-corrected chi connectivity index (χ3v) is 1.56. The third kappa shape index (κ3) is 6.71. The Hall–Kier alpha value is -1.32. The van der Waals surface area contributed by atoms with E-state index in [0.717, 1.165) is 6.08 Å². The lowest BCUT2D eigenvalue weighted by atomic mass is 9.88. The van der Waals surface area contributed by atoms with Crippen LogP contribution in [0.2, 0.25) is 0 Å². The molecular weight excluding hydrogens is 196 g/mol. The molecule has 0 radical (unpaired) electrons. The summed E-state index contributed by atoms with van der Waals surface area (Å²) in [7, 11) is 0. The van der Waals surface area contributed by atoms with Crippen LogP contribution in [0.3, 0.4) is 0 Å². The fourth-order valence-corrected chi connectivity index (χ4v) is 1.13. The molecule has 0 saturated carbocycles. The molecule has 0 aromatic carbocycles. The van der Waals surface area contributed by atoms with Crippen molar-refractivity contribution in [1.29, 1.82) is 0 Å². The summed E-state index contributed by atoms with van der Waals surface area (Å²) in [5, 5.41) is 8.61. The number of carbonyl (C=O) groups is 2. The Bertz CT molecular complexity index is 271. The zero-order valence-corrected chi connectivity index (χ0v) is 9.66. The molecule has 0 aliphatic carbocycles. The smallest absolute Gasteiger partial charge is 0.334 e. The minimum absolute atomic E-state index is 0.145. The number of ether oxygens (including phenoxy) is 1. The zero-order valence-electron chi connectivity index (χ0n) is 9.66. The Morgan fingerprint density at radius 1 is 1.33 bits per heavy atom. The fourth-order valence-electron chi connectivity index (χ4n) is 1.13. The number of carboxylic acid groups (broad SMARTS) is 1. The highest BCUT2D eigenvalue weighted by Crippen LogP contribution is 2.24. The number of carbonyl (C=O) groups excluding carboxylic acids is 1. The first-order chi connectivity index (χ1) is 6.76. The molecule has 0 atom stereocenters. The van der Waals surface area contributed by atoms with E-state index in [1.165, 1.54) is 0 Å². The molecule has 0 rings (SSSR count). The van der Waals surface area contributed by atoms with Crippen LogP contribution in [0.4, 0.5) is 0 Å². The molecule has 0 heterocycles. The molecule has 0 aromatic rings. The van der Waals surface area contributed by atoms with Crippen LogP contribution in [-0.4, -0.2) is 23.7 Å². The molecule has 0 spiro atoms. The van der Waals surface area contributed by atoms with Gasteiger partial charge in [-0.05, 0) is 18.8 Å². The monoisotopic (exact) mass is 214 g/mol. The maximum Gasteiger partial charge on any atom is 0.334 e. The first-order valence-electron chi connectivity index (χ1n) is 4.87. The summed E-state index contributed by atoms with van der Waals surface area (Å²) in [5.74, 6) is -1.67. The largest absolute Gasteiger partial charge is 0.478 e. The van der Waals surface area contributed by atoms with Crippen molar-refractivity contribution >= 4 is 11.9 Å². The molecule has 0 unspecified atom stereocenters. The summed E-state index contributed by atoms with van der Waals surface area (Å²) in [5.41, 5.74) is 0.0606. The normalized spacial score (nSPS) is 12.4. The predicted molar refractivity (Wildman–Crippen MR) is 56.4 cm³/mol. The van der Waals surface area contributed by atoms with E-state index in [0.29, 0.717) is 6.42 Å². The highest BCUT2D eigenvalue weighted by molar-refractivity contribution is 5.95. The zero-order chi connectivity index (χ0) is 12.1. The number of carboxylic acids is 1. The topological polar surface area (TPSA) is 63.6 Å². The van der Waals surface area contributed by atoms with Gasteiger partial charge in [-0.2, -0.15) is 0 Å². The molecule has 0 fully saturated rings. The van der Waals surface area contributed by atoms with Crippen molar-refractivity contribution in [2.45, 2.75) is 34.1 Å². The van der Waals surface area contributed by atoms with Crippen LogP contribution in [0.1, 0.15) is 34.1 Å². The first kappa shape index (κ1) is 13.7. The highest BCUT2D eigenvalue weighted by atomic mass is 16.5. The maximum atomic E-state index is 11.4. The second-order valence-electron chi connectivity index (χ2n) is 4.47. The lowest BCUT2D eigenvalue weighted by Crippen LogP contribution is -2.16. The molecule has 0 aliphatic heterocycles. The van der Waals surface area contributed by atoms with E-state index in [2.05, 4.69) is 0 Å². The quantitative estimate of drug-likeness (QED) is 0.574. The van der Waals surface area contributed by atoms with Crippen LogP contribution < -0.4 is 0 Å². The highest BCUT2D eigenvalue weighted by Gasteiger charge is 2.20. The van der Waals surface area contributed by atoms with Gasteiger partial charge in [-0.25, -0.2) is 9.59 Å². The molecule has 0 saturated heterocycles. The SMILES string of the molecule is CCOC(=O)/C(=C\C(=O)O)CC(C)(C)C. The van der Waals surface area contributed by atoms with Gasteiger partial charge in [0.15, 0.2) is 0 Å². The number of esters is 1. The van der Waals surface area contributed by atoms with Crippen molar-refractivity contribution in [3.8, 4) is 0 Å². The van der Waals surface area contributed by atoms with Gasteiger partial charge in [0, 0.05) is 11.6 Å².